The van der Waals surface area contributed by atoms with E-state index in [4.69, 9.17) is 0 Å². The van der Waals surface area contributed by atoms with Crippen LogP contribution >= 0.6 is 0 Å². The Bertz CT molecular complexity index is 372. The maximum absolute atomic E-state index is 11.8. The zero-order valence-electron chi connectivity index (χ0n) is 10.4. The van der Waals surface area contributed by atoms with Gasteiger partial charge in [0.25, 0.3) is 0 Å². The molecule has 0 bridgehead atoms. The summed E-state index contributed by atoms with van der Waals surface area (Å²) >= 11 is 0. The van der Waals surface area contributed by atoms with Gasteiger partial charge in [-0.1, -0.05) is 29.8 Å². The first kappa shape index (κ1) is 12.1. The van der Waals surface area contributed by atoms with Gasteiger partial charge < -0.3 is 10.2 Å². The molecule has 1 aromatic carbocycles. The number of nitrogens with zero attached hydrogens (tertiary/aromatic N) is 1. The van der Waals surface area contributed by atoms with Crippen LogP contribution in [0.3, 0.4) is 0 Å². The summed E-state index contributed by atoms with van der Waals surface area (Å²) in [5.41, 5.74) is 2.59. The molecule has 0 aliphatic carbocycles. The predicted octanol–water partition coefficient (Wildman–Crippen LogP) is 1.36. The van der Waals surface area contributed by atoms with Crippen molar-refractivity contribution in [3.05, 3.63) is 35.4 Å². The van der Waals surface area contributed by atoms with E-state index in [9.17, 15) is 4.79 Å². The first-order chi connectivity index (χ1) is 8.25. The van der Waals surface area contributed by atoms with E-state index in [1.54, 1.807) is 0 Å². The first-order valence-electron chi connectivity index (χ1n) is 6.30. The summed E-state index contributed by atoms with van der Waals surface area (Å²) in [4.78, 5) is 13.7. The van der Waals surface area contributed by atoms with E-state index in [2.05, 4.69) is 36.5 Å². The topological polar surface area (TPSA) is 32.3 Å². The monoisotopic (exact) mass is 232 g/mol. The molecule has 0 saturated carbocycles. The van der Waals surface area contributed by atoms with Crippen molar-refractivity contribution in [3.63, 3.8) is 0 Å². The molecule has 0 aromatic heterocycles. The van der Waals surface area contributed by atoms with Crippen LogP contribution < -0.4 is 5.32 Å². The highest BCUT2D eigenvalue weighted by Gasteiger charge is 2.15. The number of rotatable bonds is 3. The summed E-state index contributed by atoms with van der Waals surface area (Å²) in [6.07, 6.45) is 1.58. The van der Waals surface area contributed by atoms with Crippen LogP contribution in [0.1, 0.15) is 17.5 Å². The summed E-state index contributed by atoms with van der Waals surface area (Å²) in [6.45, 7) is 5.50. The average Bonchev–Trinajstić information content (AvgIpc) is 2.54. The number of hydrogen-bond donors (Lipinski definition) is 1. The fourth-order valence-corrected chi connectivity index (χ4v) is 2.07. The van der Waals surface area contributed by atoms with E-state index in [1.807, 2.05) is 4.90 Å². The third-order valence-electron chi connectivity index (χ3n) is 3.22. The fraction of sp³-hybridized carbons (Fsp3) is 0.500. The molecular formula is C14H20N2O. The molecule has 1 saturated heterocycles. The highest BCUT2D eigenvalue weighted by molar-refractivity contribution is 5.76. The molecule has 2 rings (SSSR count). The normalized spacial score (nSPS) is 17.0. The van der Waals surface area contributed by atoms with E-state index >= 15 is 0 Å². The molecule has 1 amide bonds. The second-order valence-electron chi connectivity index (χ2n) is 4.62. The van der Waals surface area contributed by atoms with Crippen LogP contribution in [0.25, 0.3) is 0 Å². The van der Waals surface area contributed by atoms with Gasteiger partial charge in [-0.2, -0.15) is 0 Å². The predicted molar refractivity (Wildman–Crippen MR) is 68.9 cm³/mol. The van der Waals surface area contributed by atoms with Gasteiger partial charge in [0.05, 0.1) is 0 Å². The minimum Gasteiger partial charge on any atom is -0.341 e. The Morgan fingerprint density at radius 2 is 2.00 bits per heavy atom. The minimum absolute atomic E-state index is 0.280. The van der Waals surface area contributed by atoms with Crippen molar-refractivity contribution in [1.82, 2.24) is 10.2 Å². The molecule has 1 aliphatic heterocycles. The van der Waals surface area contributed by atoms with E-state index < -0.39 is 0 Å². The van der Waals surface area contributed by atoms with Gasteiger partial charge in [0.2, 0.25) is 5.91 Å². The largest absolute Gasteiger partial charge is 0.341 e. The van der Waals surface area contributed by atoms with Gasteiger partial charge in [0.15, 0.2) is 0 Å². The summed E-state index contributed by atoms with van der Waals surface area (Å²) in [5, 5.41) is 3.25. The zero-order valence-corrected chi connectivity index (χ0v) is 10.4. The van der Waals surface area contributed by atoms with Crippen LogP contribution in [-0.2, 0) is 11.2 Å². The Balaban J connectivity index is 1.88. The van der Waals surface area contributed by atoms with Gasteiger partial charge in [0, 0.05) is 32.6 Å². The second-order valence-corrected chi connectivity index (χ2v) is 4.62. The lowest BCUT2D eigenvalue weighted by Gasteiger charge is -2.20. The van der Waals surface area contributed by atoms with Gasteiger partial charge in [-0.15, -0.1) is 0 Å². The van der Waals surface area contributed by atoms with E-state index in [0.29, 0.717) is 6.42 Å². The second kappa shape index (κ2) is 5.82. The number of amides is 1. The number of hydrogen-bond acceptors (Lipinski definition) is 2. The number of nitrogens with one attached hydrogen (secondary N) is 1. The first-order valence-corrected chi connectivity index (χ1v) is 6.30. The van der Waals surface area contributed by atoms with Crippen molar-refractivity contribution in [2.45, 2.75) is 19.8 Å². The van der Waals surface area contributed by atoms with Crippen molar-refractivity contribution in [3.8, 4) is 0 Å². The number of carbonyl (C=O) groups is 1. The highest BCUT2D eigenvalue weighted by Crippen LogP contribution is 2.06. The third-order valence-corrected chi connectivity index (χ3v) is 3.22. The number of benzene rings is 1. The van der Waals surface area contributed by atoms with Crippen LogP contribution in [0.2, 0.25) is 0 Å². The molecule has 1 fully saturated rings. The molecule has 0 atom stereocenters. The Labute approximate surface area is 103 Å². The Kier molecular flexibility index (Phi) is 4.15. The summed E-state index contributed by atoms with van der Waals surface area (Å²) in [6, 6.07) is 8.55. The van der Waals surface area contributed by atoms with Crippen LogP contribution in [0.4, 0.5) is 0 Å². The lowest BCUT2D eigenvalue weighted by atomic mass is 10.1. The van der Waals surface area contributed by atoms with Gasteiger partial charge in [-0.05, 0) is 18.9 Å². The Morgan fingerprint density at radius 3 is 2.76 bits per heavy atom. The molecule has 17 heavy (non-hydrogen) atoms. The SMILES string of the molecule is Cc1ccc(CCN2CCNCCC2=O)cc1. The standard InChI is InChI=1S/C14H20N2O/c1-12-2-4-13(5-3-12)7-10-16-11-9-15-8-6-14(16)17/h2-5,15H,6-11H2,1H3. The summed E-state index contributed by atoms with van der Waals surface area (Å²) in [7, 11) is 0. The lowest BCUT2D eigenvalue weighted by Crippen LogP contribution is -2.34. The molecule has 0 spiro atoms. The van der Waals surface area contributed by atoms with Crippen molar-refractivity contribution >= 4 is 5.91 Å². The Morgan fingerprint density at radius 1 is 1.24 bits per heavy atom. The molecule has 92 valence electrons. The van der Waals surface area contributed by atoms with Gasteiger partial charge >= 0.3 is 0 Å². The summed E-state index contributed by atoms with van der Waals surface area (Å²) < 4.78 is 0. The Hall–Kier alpha value is -1.35. The number of carbonyl (C=O) groups excluding carboxylic acids is 1. The van der Waals surface area contributed by atoms with Gasteiger partial charge in [-0.3, -0.25) is 4.79 Å². The summed E-state index contributed by atoms with van der Waals surface area (Å²) in [5.74, 6) is 0.280. The van der Waals surface area contributed by atoms with Gasteiger partial charge in [-0.25, -0.2) is 0 Å². The smallest absolute Gasteiger partial charge is 0.223 e. The molecule has 1 heterocycles. The lowest BCUT2D eigenvalue weighted by molar-refractivity contribution is -0.130. The molecule has 3 heteroatoms. The number of aryl methyl sites for hydroxylation is 1. The quantitative estimate of drug-likeness (QED) is 0.853. The van der Waals surface area contributed by atoms with Crippen molar-refractivity contribution in [1.29, 1.82) is 0 Å². The third kappa shape index (κ3) is 3.56. The molecule has 0 unspecified atom stereocenters. The minimum atomic E-state index is 0.280. The molecule has 1 aromatic rings. The van der Waals surface area contributed by atoms with Crippen molar-refractivity contribution in [2.75, 3.05) is 26.2 Å². The van der Waals surface area contributed by atoms with Crippen LogP contribution in [0, 0.1) is 6.92 Å². The van der Waals surface area contributed by atoms with E-state index in [0.717, 1.165) is 32.6 Å². The average molecular weight is 232 g/mol. The maximum Gasteiger partial charge on any atom is 0.223 e. The van der Waals surface area contributed by atoms with Crippen LogP contribution in [-0.4, -0.2) is 37.0 Å². The highest BCUT2D eigenvalue weighted by atomic mass is 16.2. The molecular weight excluding hydrogens is 212 g/mol. The van der Waals surface area contributed by atoms with E-state index in [1.165, 1.54) is 11.1 Å². The van der Waals surface area contributed by atoms with Crippen LogP contribution in [0.5, 0.6) is 0 Å². The van der Waals surface area contributed by atoms with Crippen LogP contribution in [0.15, 0.2) is 24.3 Å². The van der Waals surface area contributed by atoms with Crippen molar-refractivity contribution in [2.24, 2.45) is 0 Å². The molecule has 3 nitrogen and oxygen atoms in total. The van der Waals surface area contributed by atoms with Crippen molar-refractivity contribution < 1.29 is 4.79 Å². The van der Waals surface area contributed by atoms with E-state index in [-0.39, 0.29) is 5.91 Å². The zero-order chi connectivity index (χ0) is 12.1. The maximum atomic E-state index is 11.8. The fourth-order valence-electron chi connectivity index (χ4n) is 2.07. The molecule has 0 radical (unpaired) electrons. The van der Waals surface area contributed by atoms with Gasteiger partial charge in [0.1, 0.15) is 0 Å². The molecule has 1 N–H and O–H groups in total. The molecule has 1 aliphatic rings.